The van der Waals surface area contributed by atoms with Crippen LogP contribution in [0.25, 0.3) is 11.5 Å². The van der Waals surface area contributed by atoms with Crippen LogP contribution in [-0.4, -0.2) is 23.1 Å². The molecule has 25 heavy (non-hydrogen) atoms. The number of benzene rings is 2. The van der Waals surface area contributed by atoms with E-state index in [0.717, 1.165) is 11.3 Å². The zero-order valence-electron chi connectivity index (χ0n) is 13.9. The highest BCUT2D eigenvalue weighted by Crippen LogP contribution is 2.24. The molecule has 0 aliphatic carbocycles. The summed E-state index contributed by atoms with van der Waals surface area (Å²) in [6.07, 6.45) is 0. The van der Waals surface area contributed by atoms with Gasteiger partial charge in [-0.05, 0) is 48.9 Å². The zero-order valence-corrected chi connectivity index (χ0v) is 13.9. The smallest absolute Gasteiger partial charge is 0.277 e. The number of aryl methyl sites for hydroxylation is 1. The number of aliphatic hydroxyl groups is 1. The lowest BCUT2D eigenvalue weighted by molar-refractivity contribution is 0.102. The van der Waals surface area contributed by atoms with Gasteiger partial charge in [-0.25, -0.2) is 4.98 Å². The van der Waals surface area contributed by atoms with E-state index in [2.05, 4.69) is 10.3 Å². The van der Waals surface area contributed by atoms with Crippen molar-refractivity contribution in [3.63, 3.8) is 0 Å². The van der Waals surface area contributed by atoms with Gasteiger partial charge < -0.3 is 19.6 Å². The van der Waals surface area contributed by atoms with Crippen LogP contribution in [0.3, 0.4) is 0 Å². The van der Waals surface area contributed by atoms with Crippen LogP contribution in [0.1, 0.15) is 21.8 Å². The van der Waals surface area contributed by atoms with E-state index >= 15 is 0 Å². The molecule has 2 aromatic carbocycles. The number of amides is 1. The van der Waals surface area contributed by atoms with Crippen molar-refractivity contribution < 1.29 is 19.1 Å². The summed E-state index contributed by atoms with van der Waals surface area (Å²) < 4.78 is 10.7. The van der Waals surface area contributed by atoms with Crippen LogP contribution in [0, 0.1) is 6.92 Å². The molecule has 6 heteroatoms. The summed E-state index contributed by atoms with van der Waals surface area (Å²) in [5.74, 6) is 1.17. The molecule has 0 unspecified atom stereocenters. The van der Waals surface area contributed by atoms with E-state index in [1.807, 2.05) is 12.1 Å². The summed E-state index contributed by atoms with van der Waals surface area (Å²) in [6.45, 7) is 1.60. The Labute approximate surface area is 145 Å². The fourth-order valence-corrected chi connectivity index (χ4v) is 2.40. The minimum absolute atomic E-state index is 0.0890. The second-order valence-corrected chi connectivity index (χ2v) is 5.46. The van der Waals surface area contributed by atoms with Gasteiger partial charge in [0.1, 0.15) is 11.5 Å². The van der Waals surface area contributed by atoms with Gasteiger partial charge in [-0.3, -0.25) is 4.79 Å². The van der Waals surface area contributed by atoms with Crippen molar-refractivity contribution in [3.05, 3.63) is 65.5 Å². The summed E-state index contributed by atoms with van der Waals surface area (Å²) in [6, 6.07) is 14.2. The van der Waals surface area contributed by atoms with Crippen molar-refractivity contribution >= 4 is 11.6 Å². The molecule has 2 N–H and O–H groups in total. The highest BCUT2D eigenvalue weighted by atomic mass is 16.5. The van der Waals surface area contributed by atoms with Crippen LogP contribution in [0.15, 0.2) is 52.9 Å². The number of hydrogen-bond donors (Lipinski definition) is 2. The average molecular weight is 338 g/mol. The third kappa shape index (κ3) is 3.70. The van der Waals surface area contributed by atoms with E-state index in [1.165, 1.54) is 0 Å². The van der Waals surface area contributed by atoms with Crippen LogP contribution in [0.4, 0.5) is 5.69 Å². The third-order valence-corrected chi connectivity index (χ3v) is 3.72. The maximum Gasteiger partial charge on any atom is 0.277 e. The molecule has 3 aromatic rings. The average Bonchev–Trinajstić information content (AvgIpc) is 3.04. The maximum absolute atomic E-state index is 12.5. The van der Waals surface area contributed by atoms with Gasteiger partial charge in [0.25, 0.3) is 5.91 Å². The topological polar surface area (TPSA) is 84.6 Å². The molecule has 1 heterocycles. The van der Waals surface area contributed by atoms with Crippen LogP contribution in [-0.2, 0) is 6.61 Å². The summed E-state index contributed by atoms with van der Waals surface area (Å²) in [7, 11) is 1.60. The Hall–Kier alpha value is -3.12. The van der Waals surface area contributed by atoms with Crippen molar-refractivity contribution in [1.82, 2.24) is 4.98 Å². The number of oxazole rings is 1. The minimum Gasteiger partial charge on any atom is -0.497 e. The fraction of sp³-hybridized carbons (Fsp3) is 0.158. The lowest BCUT2D eigenvalue weighted by atomic mass is 10.2. The fourth-order valence-electron chi connectivity index (χ4n) is 2.40. The van der Waals surface area contributed by atoms with Crippen molar-refractivity contribution in [2.24, 2.45) is 0 Å². The lowest BCUT2D eigenvalue weighted by Gasteiger charge is -2.05. The molecular weight excluding hydrogens is 320 g/mol. The molecular formula is C19H18N2O4. The lowest BCUT2D eigenvalue weighted by Crippen LogP contribution is -2.13. The maximum atomic E-state index is 12.5. The summed E-state index contributed by atoms with van der Waals surface area (Å²) in [5, 5.41) is 11.9. The first-order valence-electron chi connectivity index (χ1n) is 7.73. The number of aliphatic hydroxyl groups excluding tert-OH is 1. The Bertz CT molecular complexity index is 885. The number of nitrogens with zero attached hydrogens (tertiary/aromatic N) is 1. The summed E-state index contributed by atoms with van der Waals surface area (Å²) in [5.41, 5.74) is 2.28. The Morgan fingerprint density at radius 2 is 2.00 bits per heavy atom. The van der Waals surface area contributed by atoms with E-state index in [4.69, 9.17) is 9.15 Å². The largest absolute Gasteiger partial charge is 0.497 e. The number of aromatic nitrogens is 1. The molecule has 1 aromatic heterocycles. The van der Waals surface area contributed by atoms with Gasteiger partial charge >= 0.3 is 0 Å². The zero-order chi connectivity index (χ0) is 17.8. The molecule has 3 rings (SSSR count). The van der Waals surface area contributed by atoms with Crippen LogP contribution in [0.5, 0.6) is 5.75 Å². The van der Waals surface area contributed by atoms with Gasteiger partial charge in [0, 0.05) is 11.3 Å². The van der Waals surface area contributed by atoms with Crippen molar-refractivity contribution in [2.45, 2.75) is 13.5 Å². The van der Waals surface area contributed by atoms with Crippen molar-refractivity contribution in [1.29, 1.82) is 0 Å². The molecule has 0 fully saturated rings. The van der Waals surface area contributed by atoms with Gasteiger partial charge in [0.05, 0.1) is 13.7 Å². The Morgan fingerprint density at radius 1 is 1.24 bits per heavy atom. The molecule has 6 nitrogen and oxygen atoms in total. The van der Waals surface area contributed by atoms with Crippen LogP contribution >= 0.6 is 0 Å². The molecule has 0 radical (unpaired) electrons. The van der Waals surface area contributed by atoms with E-state index in [0.29, 0.717) is 22.9 Å². The molecule has 128 valence electrons. The van der Waals surface area contributed by atoms with Gasteiger partial charge in [0.2, 0.25) is 5.89 Å². The third-order valence-electron chi connectivity index (χ3n) is 3.72. The number of anilines is 1. The Morgan fingerprint density at radius 3 is 2.68 bits per heavy atom. The van der Waals surface area contributed by atoms with Crippen LogP contribution < -0.4 is 10.1 Å². The monoisotopic (exact) mass is 338 g/mol. The van der Waals surface area contributed by atoms with Crippen molar-refractivity contribution in [3.8, 4) is 17.2 Å². The Kier molecular flexibility index (Phi) is 4.81. The molecule has 0 atom stereocenters. The van der Waals surface area contributed by atoms with Gasteiger partial charge in [-0.2, -0.15) is 0 Å². The van der Waals surface area contributed by atoms with E-state index in [9.17, 15) is 9.90 Å². The van der Waals surface area contributed by atoms with E-state index in [1.54, 1.807) is 50.4 Å². The number of methoxy groups -OCH3 is 1. The van der Waals surface area contributed by atoms with E-state index in [-0.39, 0.29) is 18.2 Å². The SMILES string of the molecule is COc1ccc(-c2nc(C(=O)Nc3cccc(CO)c3)c(C)o2)cc1. The predicted octanol–water partition coefficient (Wildman–Crippen LogP) is 3.40. The first-order valence-corrected chi connectivity index (χ1v) is 7.73. The Balaban J connectivity index is 1.82. The predicted molar refractivity (Wildman–Crippen MR) is 93.5 cm³/mol. The van der Waals surface area contributed by atoms with E-state index < -0.39 is 0 Å². The van der Waals surface area contributed by atoms with Gasteiger partial charge in [-0.1, -0.05) is 12.1 Å². The first-order chi connectivity index (χ1) is 12.1. The molecule has 0 spiro atoms. The summed E-state index contributed by atoms with van der Waals surface area (Å²) in [4.78, 5) is 16.8. The number of hydrogen-bond acceptors (Lipinski definition) is 5. The van der Waals surface area contributed by atoms with Gasteiger partial charge in [-0.15, -0.1) is 0 Å². The number of ether oxygens (including phenoxy) is 1. The molecule has 0 bridgehead atoms. The molecule has 0 aliphatic heterocycles. The number of carbonyl (C=O) groups excluding carboxylic acids is 1. The number of rotatable bonds is 5. The summed E-state index contributed by atoms with van der Waals surface area (Å²) >= 11 is 0. The minimum atomic E-state index is -0.365. The standard InChI is InChI=1S/C19H18N2O4/c1-12-17(18(23)20-15-5-3-4-13(10-15)11-22)21-19(25-12)14-6-8-16(24-2)9-7-14/h3-10,22H,11H2,1-2H3,(H,20,23). The highest BCUT2D eigenvalue weighted by molar-refractivity contribution is 6.03. The molecule has 0 saturated heterocycles. The van der Waals surface area contributed by atoms with Crippen LogP contribution in [0.2, 0.25) is 0 Å². The number of nitrogens with one attached hydrogen (secondary N) is 1. The highest BCUT2D eigenvalue weighted by Gasteiger charge is 2.18. The first kappa shape index (κ1) is 16.7. The second-order valence-electron chi connectivity index (χ2n) is 5.46. The van der Waals surface area contributed by atoms with Gasteiger partial charge in [0.15, 0.2) is 5.69 Å². The molecule has 0 aliphatic rings. The number of carbonyl (C=O) groups is 1. The molecule has 1 amide bonds. The normalized spacial score (nSPS) is 10.5. The second kappa shape index (κ2) is 7.19. The molecule has 0 saturated carbocycles. The van der Waals surface area contributed by atoms with Crippen molar-refractivity contribution in [2.75, 3.05) is 12.4 Å². The quantitative estimate of drug-likeness (QED) is 0.745.